The highest BCUT2D eigenvalue weighted by atomic mass is 16.5. The molecule has 0 aliphatic heterocycles. The first-order valence-corrected chi connectivity index (χ1v) is 10.4. The molecule has 0 aromatic carbocycles. The van der Waals surface area contributed by atoms with E-state index in [-0.39, 0.29) is 11.3 Å². The highest BCUT2D eigenvalue weighted by Crippen LogP contribution is 2.68. The van der Waals surface area contributed by atoms with Gasteiger partial charge in [0.1, 0.15) is 0 Å². The van der Waals surface area contributed by atoms with Gasteiger partial charge in [0, 0.05) is 7.11 Å². The van der Waals surface area contributed by atoms with Crippen molar-refractivity contribution in [2.24, 2.45) is 46.3 Å². The van der Waals surface area contributed by atoms with Crippen molar-refractivity contribution in [1.29, 1.82) is 5.26 Å². The summed E-state index contributed by atoms with van der Waals surface area (Å²) in [6, 6.07) is 2.66. The maximum absolute atomic E-state index is 9.70. The zero-order valence-electron chi connectivity index (χ0n) is 16.1. The lowest BCUT2D eigenvalue weighted by Gasteiger charge is -2.62. The molecule has 2 nitrogen and oxygen atoms in total. The molecule has 0 aromatic rings. The molecule has 0 spiro atoms. The van der Waals surface area contributed by atoms with Crippen LogP contribution in [0.25, 0.3) is 0 Å². The lowest BCUT2D eigenvalue weighted by atomic mass is 9.43. The summed E-state index contributed by atoms with van der Waals surface area (Å²) in [6.07, 6.45) is 10.9. The Bertz CT molecular complexity index is 539. The quantitative estimate of drug-likeness (QED) is 0.642. The molecule has 0 N–H and O–H groups in total. The smallest absolute Gasteiger partial charge is 0.0661 e. The molecule has 2 unspecified atom stereocenters. The van der Waals surface area contributed by atoms with Gasteiger partial charge in [-0.25, -0.2) is 0 Å². The van der Waals surface area contributed by atoms with Crippen molar-refractivity contribution in [3.8, 4) is 6.07 Å². The van der Waals surface area contributed by atoms with Gasteiger partial charge >= 0.3 is 0 Å². The Morgan fingerprint density at radius 1 is 1.04 bits per heavy atom. The standard InChI is InChI=1S/C22H35NO/c1-14-9-10-21(2)15(11-14)5-7-17-18-8-6-16(13-23)22(18,3)12-19(24-4)20(17)21/h14-20H,5-12H2,1-4H3/t14-,15+,16-,17+,18+,19?,20?,21+,22-/m1/s1. The van der Waals surface area contributed by atoms with Crippen molar-refractivity contribution in [1.82, 2.24) is 0 Å². The lowest BCUT2D eigenvalue weighted by molar-refractivity contribution is -0.178. The van der Waals surface area contributed by atoms with Crippen LogP contribution in [0.1, 0.15) is 72.1 Å². The molecule has 0 bridgehead atoms. The van der Waals surface area contributed by atoms with Gasteiger partial charge in [-0.15, -0.1) is 0 Å². The second-order valence-electron chi connectivity index (χ2n) is 10.2. The van der Waals surface area contributed by atoms with Gasteiger partial charge in [0.2, 0.25) is 0 Å². The van der Waals surface area contributed by atoms with Crippen molar-refractivity contribution >= 4 is 0 Å². The van der Waals surface area contributed by atoms with Crippen LogP contribution in [0.2, 0.25) is 0 Å². The summed E-state index contributed by atoms with van der Waals surface area (Å²) < 4.78 is 6.16. The summed E-state index contributed by atoms with van der Waals surface area (Å²) in [5.74, 6) is 4.33. The van der Waals surface area contributed by atoms with Gasteiger partial charge in [-0.2, -0.15) is 5.26 Å². The summed E-state index contributed by atoms with van der Waals surface area (Å²) in [6.45, 7) is 7.47. The normalized spacial score (nSPS) is 56.7. The molecule has 0 heterocycles. The maximum atomic E-state index is 9.70. The van der Waals surface area contributed by atoms with Crippen LogP contribution in [-0.4, -0.2) is 13.2 Å². The molecule has 134 valence electrons. The van der Waals surface area contributed by atoms with Gasteiger partial charge in [-0.3, -0.25) is 0 Å². The summed E-state index contributed by atoms with van der Waals surface area (Å²) in [5, 5.41) is 9.70. The van der Waals surface area contributed by atoms with Gasteiger partial charge < -0.3 is 4.74 Å². The van der Waals surface area contributed by atoms with Crippen molar-refractivity contribution < 1.29 is 4.74 Å². The molecule has 4 aliphatic rings. The van der Waals surface area contributed by atoms with Crippen LogP contribution in [0, 0.1) is 57.7 Å². The first-order valence-electron chi connectivity index (χ1n) is 10.4. The molecule has 2 heteroatoms. The molecule has 0 aromatic heterocycles. The van der Waals surface area contributed by atoms with Gasteiger partial charge in [-0.1, -0.05) is 27.2 Å². The molecule has 4 fully saturated rings. The zero-order valence-corrected chi connectivity index (χ0v) is 16.1. The van der Waals surface area contributed by atoms with E-state index in [0.717, 1.165) is 42.4 Å². The third kappa shape index (κ3) is 2.16. The topological polar surface area (TPSA) is 33.0 Å². The van der Waals surface area contributed by atoms with E-state index in [9.17, 15) is 5.26 Å². The fourth-order valence-corrected chi connectivity index (χ4v) is 8.00. The Morgan fingerprint density at radius 2 is 1.83 bits per heavy atom. The third-order valence-corrected chi connectivity index (χ3v) is 9.29. The number of hydrogen-bond acceptors (Lipinski definition) is 2. The molecule has 0 radical (unpaired) electrons. The van der Waals surface area contributed by atoms with Crippen LogP contribution in [-0.2, 0) is 4.74 Å². The van der Waals surface area contributed by atoms with Crippen LogP contribution in [0.4, 0.5) is 0 Å². The second kappa shape index (κ2) is 5.73. The Kier molecular flexibility index (Phi) is 4.03. The third-order valence-electron chi connectivity index (χ3n) is 9.29. The van der Waals surface area contributed by atoms with Crippen LogP contribution >= 0.6 is 0 Å². The maximum Gasteiger partial charge on any atom is 0.0661 e. The number of ether oxygens (including phenoxy) is 1. The zero-order chi connectivity index (χ0) is 17.1. The predicted molar refractivity (Wildman–Crippen MR) is 96.2 cm³/mol. The molecular formula is C22H35NO. The fraction of sp³-hybridized carbons (Fsp3) is 0.955. The largest absolute Gasteiger partial charge is 0.381 e. The highest BCUT2D eigenvalue weighted by molar-refractivity contribution is 5.14. The summed E-state index contributed by atoms with van der Waals surface area (Å²) in [5.41, 5.74) is 0.671. The van der Waals surface area contributed by atoms with Crippen LogP contribution in [0.5, 0.6) is 0 Å². The minimum Gasteiger partial charge on any atom is -0.381 e. The van der Waals surface area contributed by atoms with E-state index >= 15 is 0 Å². The summed E-state index contributed by atoms with van der Waals surface area (Å²) in [7, 11) is 1.93. The Balaban J connectivity index is 1.70. The molecule has 0 amide bonds. The van der Waals surface area contributed by atoms with E-state index < -0.39 is 0 Å². The molecule has 0 saturated heterocycles. The molecule has 4 rings (SSSR count). The van der Waals surface area contributed by atoms with Crippen LogP contribution in [0.3, 0.4) is 0 Å². The van der Waals surface area contributed by atoms with Gasteiger partial charge in [0.05, 0.1) is 18.1 Å². The van der Waals surface area contributed by atoms with Crippen molar-refractivity contribution in [2.45, 2.75) is 78.2 Å². The van der Waals surface area contributed by atoms with Crippen LogP contribution < -0.4 is 0 Å². The van der Waals surface area contributed by atoms with Crippen LogP contribution in [0.15, 0.2) is 0 Å². The van der Waals surface area contributed by atoms with Gasteiger partial charge in [-0.05, 0) is 85.4 Å². The summed E-state index contributed by atoms with van der Waals surface area (Å²) in [4.78, 5) is 0. The fourth-order valence-electron chi connectivity index (χ4n) is 8.00. The number of rotatable bonds is 1. The summed E-state index contributed by atoms with van der Waals surface area (Å²) >= 11 is 0. The molecule has 4 saturated carbocycles. The number of nitrogens with zero attached hydrogens (tertiary/aromatic N) is 1. The Hall–Kier alpha value is -0.550. The Labute approximate surface area is 148 Å². The van der Waals surface area contributed by atoms with E-state index in [1.807, 2.05) is 7.11 Å². The minimum atomic E-state index is 0.196. The lowest BCUT2D eigenvalue weighted by Crippen LogP contribution is -2.59. The minimum absolute atomic E-state index is 0.196. The van der Waals surface area contributed by atoms with E-state index in [1.165, 1.54) is 38.5 Å². The highest BCUT2D eigenvalue weighted by Gasteiger charge is 2.63. The number of nitriles is 1. The monoisotopic (exact) mass is 329 g/mol. The van der Waals surface area contributed by atoms with E-state index in [1.54, 1.807) is 0 Å². The molecule has 4 aliphatic carbocycles. The number of hydrogen-bond donors (Lipinski definition) is 0. The first kappa shape index (κ1) is 16.9. The van der Waals surface area contributed by atoms with Crippen molar-refractivity contribution in [2.75, 3.05) is 7.11 Å². The first-order chi connectivity index (χ1) is 11.4. The Morgan fingerprint density at radius 3 is 2.54 bits per heavy atom. The van der Waals surface area contributed by atoms with E-state index in [4.69, 9.17) is 4.74 Å². The average Bonchev–Trinajstić information content (AvgIpc) is 2.90. The number of fused-ring (bicyclic) bond motifs is 5. The van der Waals surface area contributed by atoms with Gasteiger partial charge in [0.15, 0.2) is 0 Å². The number of methoxy groups -OCH3 is 1. The molecule has 9 atom stereocenters. The predicted octanol–water partition coefficient (Wildman–Crippen LogP) is 5.43. The van der Waals surface area contributed by atoms with Crippen molar-refractivity contribution in [3.63, 3.8) is 0 Å². The molecular weight excluding hydrogens is 294 g/mol. The second-order valence-corrected chi connectivity index (χ2v) is 10.2. The van der Waals surface area contributed by atoms with Crippen molar-refractivity contribution in [3.05, 3.63) is 0 Å². The SMILES string of the molecule is COC1C[C@]2(C)[C@@H](C#N)CC[C@H]2[C@@H]2CC[C@H]3C[C@H](C)CC[C@]3(C)C12. The van der Waals surface area contributed by atoms with E-state index in [0.29, 0.717) is 11.5 Å². The molecule has 24 heavy (non-hydrogen) atoms. The van der Waals surface area contributed by atoms with Gasteiger partial charge in [0.25, 0.3) is 0 Å². The van der Waals surface area contributed by atoms with E-state index in [2.05, 4.69) is 26.8 Å². The average molecular weight is 330 g/mol.